The molecule has 1 aromatic heterocycles. The zero-order valence-electron chi connectivity index (χ0n) is 11.3. The van der Waals surface area contributed by atoms with Gasteiger partial charge in [-0.25, -0.2) is 4.98 Å². The summed E-state index contributed by atoms with van der Waals surface area (Å²) >= 11 is 0. The van der Waals surface area contributed by atoms with Crippen LogP contribution in [0.1, 0.15) is 42.3 Å². The highest BCUT2D eigenvalue weighted by Gasteiger charge is 2.05. The predicted octanol–water partition coefficient (Wildman–Crippen LogP) is 3.21. The second-order valence-electron chi connectivity index (χ2n) is 5.09. The van der Waals surface area contributed by atoms with Gasteiger partial charge in [0.1, 0.15) is 0 Å². The first-order valence-corrected chi connectivity index (χ1v) is 6.46. The molecule has 0 aliphatic rings. The molecule has 0 radical (unpaired) electrons. The van der Waals surface area contributed by atoms with Gasteiger partial charge in [-0.1, -0.05) is 38.1 Å². The number of aryl methyl sites for hydroxylation is 3. The molecule has 96 valence electrons. The van der Waals surface area contributed by atoms with Gasteiger partial charge in [0.25, 0.3) is 0 Å². The van der Waals surface area contributed by atoms with E-state index in [1.54, 1.807) is 0 Å². The molecule has 3 heteroatoms. The maximum Gasteiger partial charge on any atom is 0.197 e. The number of rotatable bonds is 4. The normalized spacial score (nSPS) is 11.1. The molecule has 18 heavy (non-hydrogen) atoms. The van der Waals surface area contributed by atoms with Crippen molar-refractivity contribution in [1.29, 1.82) is 0 Å². The third-order valence-electron chi connectivity index (χ3n) is 3.30. The molecule has 0 fully saturated rings. The average molecular weight is 243 g/mol. The van der Waals surface area contributed by atoms with Crippen LogP contribution in [-0.4, -0.2) is 9.97 Å². The minimum Gasteiger partial charge on any atom is -0.369 e. The molecule has 0 saturated carbocycles. The molecule has 0 spiro atoms. The Morgan fingerprint density at radius 1 is 1.17 bits per heavy atom. The number of nitrogen functional groups attached to an aromatic ring is 1. The molecule has 0 aliphatic carbocycles. The molecule has 0 aliphatic heterocycles. The lowest BCUT2D eigenvalue weighted by atomic mass is 10.00. The van der Waals surface area contributed by atoms with Crippen molar-refractivity contribution < 1.29 is 0 Å². The number of aromatic nitrogens is 2. The lowest BCUT2D eigenvalue weighted by Crippen LogP contribution is -1.95. The maximum atomic E-state index is 5.63. The lowest BCUT2D eigenvalue weighted by molar-refractivity contribution is 0.860. The Morgan fingerprint density at radius 2 is 1.83 bits per heavy atom. The van der Waals surface area contributed by atoms with E-state index in [0.717, 1.165) is 24.2 Å². The summed E-state index contributed by atoms with van der Waals surface area (Å²) in [4.78, 5) is 7.33. The topological polar surface area (TPSA) is 54.7 Å². The van der Waals surface area contributed by atoms with Gasteiger partial charge in [-0.3, -0.25) is 0 Å². The Hall–Kier alpha value is -1.77. The van der Waals surface area contributed by atoms with Crippen LogP contribution in [0.4, 0.5) is 5.95 Å². The van der Waals surface area contributed by atoms with E-state index in [9.17, 15) is 0 Å². The summed E-state index contributed by atoms with van der Waals surface area (Å²) < 4.78 is 0. The van der Waals surface area contributed by atoms with Crippen LogP contribution in [0.3, 0.4) is 0 Å². The fourth-order valence-corrected chi connectivity index (χ4v) is 2.10. The van der Waals surface area contributed by atoms with Crippen LogP contribution in [0.5, 0.6) is 0 Å². The standard InChI is InChI=1S/C15H21N3/c1-10(2)13-7-4-12(5-8-13)6-9-14-11(3)17-15(16)18-14/h4-5,7-8,10H,6,9H2,1-3H3,(H3,16,17,18). The van der Waals surface area contributed by atoms with E-state index in [1.807, 2.05) is 6.92 Å². The molecular weight excluding hydrogens is 222 g/mol. The number of H-pyrrole nitrogens is 1. The monoisotopic (exact) mass is 243 g/mol. The minimum absolute atomic E-state index is 0.512. The molecular formula is C15H21N3. The van der Waals surface area contributed by atoms with Crippen LogP contribution in [0.2, 0.25) is 0 Å². The van der Waals surface area contributed by atoms with Crippen molar-refractivity contribution in [2.75, 3.05) is 5.73 Å². The van der Waals surface area contributed by atoms with Crippen molar-refractivity contribution in [3.05, 3.63) is 46.8 Å². The van der Waals surface area contributed by atoms with Gasteiger partial charge in [0, 0.05) is 5.69 Å². The third kappa shape index (κ3) is 2.92. The van der Waals surface area contributed by atoms with E-state index in [0.29, 0.717) is 11.9 Å². The fraction of sp³-hybridized carbons (Fsp3) is 0.400. The van der Waals surface area contributed by atoms with Gasteiger partial charge in [-0.2, -0.15) is 0 Å². The van der Waals surface area contributed by atoms with Gasteiger partial charge >= 0.3 is 0 Å². The molecule has 0 saturated heterocycles. The largest absolute Gasteiger partial charge is 0.369 e. The second kappa shape index (κ2) is 5.25. The first kappa shape index (κ1) is 12.7. The molecule has 0 unspecified atom stereocenters. The van der Waals surface area contributed by atoms with E-state index in [1.165, 1.54) is 11.1 Å². The van der Waals surface area contributed by atoms with E-state index in [4.69, 9.17) is 5.73 Å². The summed E-state index contributed by atoms with van der Waals surface area (Å²) in [7, 11) is 0. The van der Waals surface area contributed by atoms with Crippen LogP contribution in [0.25, 0.3) is 0 Å². The SMILES string of the molecule is Cc1[nH]c(N)nc1CCc1ccc(C(C)C)cc1. The summed E-state index contributed by atoms with van der Waals surface area (Å²) in [5.41, 5.74) is 10.5. The molecule has 1 heterocycles. The molecule has 0 amide bonds. The number of hydrogen-bond donors (Lipinski definition) is 2. The lowest BCUT2D eigenvalue weighted by Gasteiger charge is -2.06. The maximum absolute atomic E-state index is 5.63. The highest BCUT2D eigenvalue weighted by molar-refractivity contribution is 5.28. The van der Waals surface area contributed by atoms with Crippen LogP contribution in [0, 0.1) is 6.92 Å². The highest BCUT2D eigenvalue weighted by Crippen LogP contribution is 2.16. The van der Waals surface area contributed by atoms with Gasteiger partial charge in [0.2, 0.25) is 0 Å². The summed E-state index contributed by atoms with van der Waals surface area (Å²) in [6, 6.07) is 8.85. The Bertz CT molecular complexity index is 509. The van der Waals surface area contributed by atoms with Crippen LogP contribution < -0.4 is 5.73 Å². The second-order valence-corrected chi connectivity index (χ2v) is 5.09. The van der Waals surface area contributed by atoms with E-state index in [2.05, 4.69) is 48.1 Å². The summed E-state index contributed by atoms with van der Waals surface area (Å²) in [6.07, 6.45) is 1.93. The van der Waals surface area contributed by atoms with Crippen molar-refractivity contribution >= 4 is 5.95 Å². The molecule has 0 atom stereocenters. The molecule has 2 rings (SSSR count). The first-order chi connectivity index (χ1) is 8.56. The van der Waals surface area contributed by atoms with Crippen molar-refractivity contribution in [2.24, 2.45) is 0 Å². The van der Waals surface area contributed by atoms with Crippen molar-refractivity contribution in [1.82, 2.24) is 9.97 Å². The zero-order valence-corrected chi connectivity index (χ0v) is 11.3. The predicted molar refractivity (Wildman–Crippen MR) is 75.7 cm³/mol. The van der Waals surface area contributed by atoms with E-state index < -0.39 is 0 Å². The average Bonchev–Trinajstić information content (AvgIpc) is 2.66. The Kier molecular flexibility index (Phi) is 3.70. The van der Waals surface area contributed by atoms with Crippen LogP contribution in [0.15, 0.2) is 24.3 Å². The number of aromatic amines is 1. The van der Waals surface area contributed by atoms with Crippen molar-refractivity contribution in [3.63, 3.8) is 0 Å². The number of benzene rings is 1. The van der Waals surface area contributed by atoms with Gasteiger partial charge in [-0.15, -0.1) is 0 Å². The number of hydrogen-bond acceptors (Lipinski definition) is 2. The summed E-state index contributed by atoms with van der Waals surface area (Å²) in [5, 5.41) is 0. The van der Waals surface area contributed by atoms with Crippen LogP contribution in [-0.2, 0) is 12.8 Å². The van der Waals surface area contributed by atoms with Gasteiger partial charge < -0.3 is 10.7 Å². The molecule has 2 aromatic rings. The third-order valence-corrected chi connectivity index (χ3v) is 3.30. The number of anilines is 1. The van der Waals surface area contributed by atoms with Crippen molar-refractivity contribution in [3.8, 4) is 0 Å². The molecule has 0 bridgehead atoms. The molecule has 3 N–H and O–H groups in total. The first-order valence-electron chi connectivity index (χ1n) is 6.46. The quantitative estimate of drug-likeness (QED) is 0.866. The molecule has 3 nitrogen and oxygen atoms in total. The zero-order chi connectivity index (χ0) is 13.1. The van der Waals surface area contributed by atoms with Gasteiger partial charge in [0.15, 0.2) is 5.95 Å². The Balaban J connectivity index is 2.00. The highest BCUT2D eigenvalue weighted by atomic mass is 15.0. The minimum atomic E-state index is 0.512. The van der Waals surface area contributed by atoms with Gasteiger partial charge in [-0.05, 0) is 36.8 Å². The Labute approximate surface area is 108 Å². The van der Waals surface area contributed by atoms with Crippen molar-refractivity contribution in [2.45, 2.75) is 39.5 Å². The smallest absolute Gasteiger partial charge is 0.197 e. The number of nitrogens with two attached hydrogens (primary N) is 1. The molecule has 1 aromatic carbocycles. The summed E-state index contributed by atoms with van der Waals surface area (Å²) in [6.45, 7) is 6.44. The van der Waals surface area contributed by atoms with Crippen LogP contribution >= 0.6 is 0 Å². The van der Waals surface area contributed by atoms with E-state index in [-0.39, 0.29) is 0 Å². The number of imidazole rings is 1. The number of nitrogens with zero attached hydrogens (tertiary/aromatic N) is 1. The van der Waals surface area contributed by atoms with Gasteiger partial charge in [0.05, 0.1) is 5.69 Å². The Morgan fingerprint density at radius 3 is 2.33 bits per heavy atom. The summed E-state index contributed by atoms with van der Waals surface area (Å²) in [5.74, 6) is 1.10. The van der Waals surface area contributed by atoms with E-state index >= 15 is 0 Å². The fourth-order valence-electron chi connectivity index (χ4n) is 2.10. The number of nitrogens with one attached hydrogen (secondary N) is 1.